The van der Waals surface area contributed by atoms with Crippen molar-refractivity contribution in [3.05, 3.63) is 77.5 Å². The van der Waals surface area contributed by atoms with Crippen LogP contribution in [-0.4, -0.2) is 23.1 Å². The lowest BCUT2D eigenvalue weighted by Crippen LogP contribution is -2.31. The van der Waals surface area contributed by atoms with Crippen molar-refractivity contribution in [1.82, 2.24) is 9.97 Å². The van der Waals surface area contributed by atoms with Crippen molar-refractivity contribution in [2.24, 2.45) is 0 Å². The van der Waals surface area contributed by atoms with Crippen molar-refractivity contribution in [1.29, 1.82) is 0 Å². The SMILES string of the molecule is CCN(c1ccccc1)c1nc(C)cc(N2CCc3ccccc3C2)n1. The van der Waals surface area contributed by atoms with Gasteiger partial charge >= 0.3 is 0 Å². The van der Waals surface area contributed by atoms with Crippen LogP contribution in [0.4, 0.5) is 17.5 Å². The van der Waals surface area contributed by atoms with E-state index in [4.69, 9.17) is 9.97 Å². The molecule has 0 unspecified atom stereocenters. The molecular weight excluding hydrogens is 320 g/mol. The zero-order valence-electron chi connectivity index (χ0n) is 15.4. The van der Waals surface area contributed by atoms with Crippen LogP contribution in [-0.2, 0) is 13.0 Å². The maximum absolute atomic E-state index is 4.92. The molecule has 0 N–H and O–H groups in total. The monoisotopic (exact) mass is 344 g/mol. The number of para-hydroxylation sites is 1. The Morgan fingerprint density at radius 2 is 1.69 bits per heavy atom. The minimum atomic E-state index is 0.771. The zero-order chi connectivity index (χ0) is 17.9. The molecule has 4 rings (SSSR count). The molecule has 0 aliphatic carbocycles. The minimum absolute atomic E-state index is 0.771. The zero-order valence-corrected chi connectivity index (χ0v) is 15.4. The Balaban J connectivity index is 1.67. The highest BCUT2D eigenvalue weighted by Crippen LogP contribution is 2.27. The quantitative estimate of drug-likeness (QED) is 0.697. The summed E-state index contributed by atoms with van der Waals surface area (Å²) in [5, 5.41) is 0. The third kappa shape index (κ3) is 3.27. The Bertz CT molecular complexity index is 892. The average Bonchev–Trinajstić information content (AvgIpc) is 2.69. The summed E-state index contributed by atoms with van der Waals surface area (Å²) >= 11 is 0. The molecule has 0 radical (unpaired) electrons. The second kappa shape index (κ2) is 7.16. The van der Waals surface area contributed by atoms with Gasteiger partial charge in [-0.2, -0.15) is 4.98 Å². The van der Waals surface area contributed by atoms with Crippen LogP contribution < -0.4 is 9.80 Å². The summed E-state index contributed by atoms with van der Waals surface area (Å²) in [5.74, 6) is 1.78. The van der Waals surface area contributed by atoms with Gasteiger partial charge < -0.3 is 9.80 Å². The highest BCUT2D eigenvalue weighted by Gasteiger charge is 2.19. The van der Waals surface area contributed by atoms with Gasteiger partial charge in [0.25, 0.3) is 0 Å². The molecule has 132 valence electrons. The summed E-state index contributed by atoms with van der Waals surface area (Å²) in [5.41, 5.74) is 4.97. The second-order valence-electron chi connectivity index (χ2n) is 6.69. The Kier molecular flexibility index (Phi) is 4.57. The third-order valence-electron chi connectivity index (χ3n) is 4.91. The molecule has 0 atom stereocenters. The first-order chi connectivity index (χ1) is 12.7. The smallest absolute Gasteiger partial charge is 0.232 e. The van der Waals surface area contributed by atoms with Gasteiger partial charge in [0, 0.05) is 37.1 Å². The lowest BCUT2D eigenvalue weighted by Gasteiger charge is -2.31. The first kappa shape index (κ1) is 16.6. The third-order valence-corrected chi connectivity index (χ3v) is 4.91. The predicted molar refractivity (Wildman–Crippen MR) is 107 cm³/mol. The Morgan fingerprint density at radius 3 is 2.46 bits per heavy atom. The molecule has 0 amide bonds. The summed E-state index contributed by atoms with van der Waals surface area (Å²) in [7, 11) is 0. The average molecular weight is 344 g/mol. The maximum atomic E-state index is 4.92. The van der Waals surface area contributed by atoms with Crippen LogP contribution in [0.15, 0.2) is 60.7 Å². The summed E-state index contributed by atoms with van der Waals surface area (Å²) in [4.78, 5) is 14.1. The molecule has 0 saturated heterocycles. The predicted octanol–water partition coefficient (Wildman–Crippen LogP) is 4.51. The van der Waals surface area contributed by atoms with Gasteiger partial charge in [-0.05, 0) is 43.5 Å². The van der Waals surface area contributed by atoms with Crippen LogP contribution in [0.1, 0.15) is 23.7 Å². The van der Waals surface area contributed by atoms with Crippen molar-refractivity contribution >= 4 is 17.5 Å². The van der Waals surface area contributed by atoms with Crippen LogP contribution in [0.5, 0.6) is 0 Å². The lowest BCUT2D eigenvalue weighted by molar-refractivity contribution is 0.717. The molecule has 1 aromatic heterocycles. The largest absolute Gasteiger partial charge is 0.352 e. The van der Waals surface area contributed by atoms with Gasteiger partial charge in [0.1, 0.15) is 5.82 Å². The van der Waals surface area contributed by atoms with E-state index in [1.807, 2.05) is 13.0 Å². The van der Waals surface area contributed by atoms with Crippen LogP contribution in [0.2, 0.25) is 0 Å². The van der Waals surface area contributed by atoms with Crippen molar-refractivity contribution in [3.8, 4) is 0 Å². The van der Waals surface area contributed by atoms with E-state index in [9.17, 15) is 0 Å². The van der Waals surface area contributed by atoms with Crippen LogP contribution in [0, 0.1) is 6.92 Å². The van der Waals surface area contributed by atoms with Crippen molar-refractivity contribution in [3.63, 3.8) is 0 Å². The molecule has 0 saturated carbocycles. The molecule has 1 aliphatic rings. The van der Waals surface area contributed by atoms with E-state index in [0.29, 0.717) is 0 Å². The Labute approximate surface area is 155 Å². The van der Waals surface area contributed by atoms with Gasteiger partial charge in [0.15, 0.2) is 0 Å². The number of aromatic nitrogens is 2. The second-order valence-corrected chi connectivity index (χ2v) is 6.69. The highest BCUT2D eigenvalue weighted by molar-refractivity contribution is 5.59. The van der Waals surface area contributed by atoms with Gasteiger partial charge in [0.05, 0.1) is 0 Å². The molecule has 3 aromatic rings. The molecular formula is C22H24N4. The molecule has 26 heavy (non-hydrogen) atoms. The van der Waals surface area contributed by atoms with E-state index in [0.717, 1.165) is 49.2 Å². The van der Waals surface area contributed by atoms with E-state index in [1.165, 1.54) is 11.1 Å². The molecule has 0 fully saturated rings. The molecule has 2 heterocycles. The summed E-state index contributed by atoms with van der Waals surface area (Å²) in [6, 6.07) is 21.1. The number of hydrogen-bond donors (Lipinski definition) is 0. The fourth-order valence-electron chi connectivity index (χ4n) is 3.56. The van der Waals surface area contributed by atoms with Gasteiger partial charge in [-0.3, -0.25) is 0 Å². The van der Waals surface area contributed by atoms with Gasteiger partial charge in [-0.1, -0.05) is 42.5 Å². The number of anilines is 3. The summed E-state index contributed by atoms with van der Waals surface area (Å²) < 4.78 is 0. The summed E-state index contributed by atoms with van der Waals surface area (Å²) in [6.45, 7) is 6.91. The molecule has 0 spiro atoms. The van der Waals surface area contributed by atoms with E-state index < -0.39 is 0 Å². The highest BCUT2D eigenvalue weighted by atomic mass is 15.3. The molecule has 1 aliphatic heterocycles. The fraction of sp³-hybridized carbons (Fsp3) is 0.273. The number of nitrogens with zero attached hydrogens (tertiary/aromatic N) is 4. The van der Waals surface area contributed by atoms with Gasteiger partial charge in [0.2, 0.25) is 5.95 Å². The normalized spacial score (nSPS) is 13.4. The van der Waals surface area contributed by atoms with Crippen molar-refractivity contribution < 1.29 is 0 Å². The van der Waals surface area contributed by atoms with Gasteiger partial charge in [-0.25, -0.2) is 4.98 Å². The number of hydrogen-bond acceptors (Lipinski definition) is 4. The number of aryl methyl sites for hydroxylation is 1. The minimum Gasteiger partial charge on any atom is -0.352 e. The molecule has 2 aromatic carbocycles. The van der Waals surface area contributed by atoms with E-state index in [1.54, 1.807) is 0 Å². The van der Waals surface area contributed by atoms with Crippen molar-refractivity contribution in [2.45, 2.75) is 26.8 Å². The van der Waals surface area contributed by atoms with E-state index in [-0.39, 0.29) is 0 Å². The van der Waals surface area contributed by atoms with Crippen LogP contribution in [0.25, 0.3) is 0 Å². The molecule has 4 heteroatoms. The number of rotatable bonds is 4. The molecule has 4 nitrogen and oxygen atoms in total. The van der Waals surface area contributed by atoms with Crippen LogP contribution >= 0.6 is 0 Å². The van der Waals surface area contributed by atoms with E-state index in [2.05, 4.69) is 71.3 Å². The van der Waals surface area contributed by atoms with Crippen molar-refractivity contribution in [2.75, 3.05) is 22.9 Å². The molecule has 0 bridgehead atoms. The first-order valence-corrected chi connectivity index (χ1v) is 9.24. The van der Waals surface area contributed by atoms with Crippen LogP contribution in [0.3, 0.4) is 0 Å². The Morgan fingerprint density at radius 1 is 0.962 bits per heavy atom. The Hall–Kier alpha value is -2.88. The number of fused-ring (bicyclic) bond motifs is 1. The standard InChI is InChI=1S/C22H24N4/c1-3-26(20-11-5-4-6-12-20)22-23-17(2)15-21(24-22)25-14-13-18-9-7-8-10-19(18)16-25/h4-12,15H,3,13-14,16H2,1-2H3. The van der Waals surface area contributed by atoms with Gasteiger partial charge in [-0.15, -0.1) is 0 Å². The maximum Gasteiger partial charge on any atom is 0.232 e. The topological polar surface area (TPSA) is 32.3 Å². The number of benzene rings is 2. The lowest BCUT2D eigenvalue weighted by atomic mass is 10.00. The first-order valence-electron chi connectivity index (χ1n) is 9.24. The fourth-order valence-corrected chi connectivity index (χ4v) is 3.56. The summed E-state index contributed by atoms with van der Waals surface area (Å²) in [6.07, 6.45) is 1.06. The van der Waals surface area contributed by atoms with E-state index >= 15 is 0 Å².